The Morgan fingerprint density at radius 3 is 2.50 bits per heavy atom. The summed E-state index contributed by atoms with van der Waals surface area (Å²) >= 11 is 1.53. The minimum atomic E-state index is 0.503. The van der Waals surface area contributed by atoms with Gasteiger partial charge in [0.05, 0.1) is 17.3 Å². The van der Waals surface area contributed by atoms with Crippen LogP contribution in [0.5, 0.6) is 5.75 Å². The van der Waals surface area contributed by atoms with Crippen LogP contribution >= 0.6 is 11.3 Å². The topological polar surface area (TPSA) is 89.2 Å². The second-order valence-electron chi connectivity index (χ2n) is 7.63. The van der Waals surface area contributed by atoms with Gasteiger partial charge >= 0.3 is 0 Å². The second kappa shape index (κ2) is 8.60. The van der Waals surface area contributed by atoms with E-state index in [2.05, 4.69) is 52.9 Å². The number of methoxy groups -OCH3 is 1. The molecule has 150 valence electrons. The first-order valence-electron chi connectivity index (χ1n) is 9.44. The number of anilines is 4. The van der Waals surface area contributed by atoms with Crippen LogP contribution in [0.15, 0.2) is 24.5 Å². The Bertz CT molecular complexity index is 930. The van der Waals surface area contributed by atoms with E-state index in [1.54, 1.807) is 13.4 Å². The number of benzene rings is 1. The van der Waals surface area contributed by atoms with E-state index in [-0.39, 0.29) is 0 Å². The number of hydrogen-bond acceptors (Lipinski definition) is 8. The van der Waals surface area contributed by atoms with Crippen molar-refractivity contribution in [1.29, 1.82) is 0 Å². The van der Waals surface area contributed by atoms with Crippen molar-refractivity contribution in [2.24, 2.45) is 11.8 Å². The summed E-state index contributed by atoms with van der Waals surface area (Å²) < 4.78 is 6.32. The van der Waals surface area contributed by atoms with E-state index < -0.39 is 0 Å². The average Bonchev–Trinajstić information content (AvgIpc) is 3.03. The van der Waals surface area contributed by atoms with Crippen molar-refractivity contribution in [2.45, 2.75) is 27.7 Å². The van der Waals surface area contributed by atoms with Crippen LogP contribution < -0.4 is 20.7 Å². The predicted octanol–water partition coefficient (Wildman–Crippen LogP) is 4.54. The molecule has 0 amide bonds. The molecule has 0 unspecified atom stereocenters. The highest BCUT2D eigenvalue weighted by molar-refractivity contribution is 7.22. The van der Waals surface area contributed by atoms with E-state index >= 15 is 0 Å². The van der Waals surface area contributed by atoms with Gasteiger partial charge < -0.3 is 20.7 Å². The Morgan fingerprint density at radius 1 is 1.14 bits per heavy atom. The third-order valence-corrected chi connectivity index (χ3v) is 5.09. The van der Waals surface area contributed by atoms with Crippen LogP contribution in [0.4, 0.5) is 22.5 Å². The number of nitrogens with two attached hydrogens (primary N) is 1. The molecule has 2 aromatic heterocycles. The number of thiazole rings is 1. The van der Waals surface area contributed by atoms with Crippen LogP contribution in [-0.2, 0) is 0 Å². The first-order chi connectivity index (χ1) is 13.4. The standard InChI is InChI=1S/C20H28N6OS/c1-12(2)9-26(10-13(3)4)19-17(21)18(22-11-23-19)25-20-24-15-7-6-14(27-5)8-16(15)28-20/h6-8,11-13H,9-10,21H2,1-5H3,(H,22,23,24,25). The molecule has 0 radical (unpaired) electrons. The van der Waals surface area contributed by atoms with Crippen LogP contribution in [0.3, 0.4) is 0 Å². The molecule has 7 nitrogen and oxygen atoms in total. The number of fused-ring (bicyclic) bond motifs is 1. The molecular weight excluding hydrogens is 372 g/mol. The third kappa shape index (κ3) is 4.62. The average molecular weight is 401 g/mol. The fraction of sp³-hybridized carbons (Fsp3) is 0.450. The Labute approximate surface area is 170 Å². The van der Waals surface area contributed by atoms with E-state index in [1.165, 1.54) is 11.3 Å². The Morgan fingerprint density at radius 2 is 1.86 bits per heavy atom. The summed E-state index contributed by atoms with van der Waals surface area (Å²) in [6, 6.07) is 5.82. The summed E-state index contributed by atoms with van der Waals surface area (Å²) in [4.78, 5) is 15.7. The molecule has 3 aromatic rings. The molecule has 0 aliphatic rings. The van der Waals surface area contributed by atoms with Gasteiger partial charge in [0.15, 0.2) is 16.8 Å². The highest BCUT2D eigenvalue weighted by Gasteiger charge is 2.18. The molecule has 0 bridgehead atoms. The summed E-state index contributed by atoms with van der Waals surface area (Å²) in [6.07, 6.45) is 1.55. The summed E-state index contributed by atoms with van der Waals surface area (Å²) in [7, 11) is 1.66. The number of nitrogen functional groups attached to an aromatic ring is 1. The van der Waals surface area contributed by atoms with Gasteiger partial charge in [0.2, 0.25) is 0 Å². The third-order valence-electron chi connectivity index (χ3n) is 4.15. The summed E-state index contributed by atoms with van der Waals surface area (Å²) in [5.74, 6) is 3.16. The maximum atomic E-state index is 6.45. The zero-order valence-corrected chi connectivity index (χ0v) is 17.9. The van der Waals surface area contributed by atoms with Crippen molar-refractivity contribution >= 4 is 44.0 Å². The van der Waals surface area contributed by atoms with E-state index in [1.807, 2.05) is 18.2 Å². The maximum absolute atomic E-state index is 6.45. The molecule has 8 heteroatoms. The van der Waals surface area contributed by atoms with Crippen LogP contribution in [0.1, 0.15) is 27.7 Å². The van der Waals surface area contributed by atoms with Crippen molar-refractivity contribution < 1.29 is 4.74 Å². The maximum Gasteiger partial charge on any atom is 0.189 e. The van der Waals surface area contributed by atoms with Gasteiger partial charge in [-0.3, -0.25) is 0 Å². The zero-order valence-electron chi connectivity index (χ0n) is 17.1. The number of hydrogen-bond donors (Lipinski definition) is 2. The second-order valence-corrected chi connectivity index (χ2v) is 8.66. The number of aromatic nitrogens is 3. The van der Waals surface area contributed by atoms with E-state index in [9.17, 15) is 0 Å². The Hall–Kier alpha value is -2.61. The van der Waals surface area contributed by atoms with E-state index in [0.717, 1.165) is 40.0 Å². The van der Waals surface area contributed by atoms with Gasteiger partial charge in [-0.15, -0.1) is 0 Å². The highest BCUT2D eigenvalue weighted by Crippen LogP contribution is 2.34. The molecule has 0 aliphatic carbocycles. The summed E-state index contributed by atoms with van der Waals surface area (Å²) in [5.41, 5.74) is 7.90. The largest absolute Gasteiger partial charge is 0.497 e. The summed E-state index contributed by atoms with van der Waals surface area (Å²) in [6.45, 7) is 10.6. The molecule has 1 aromatic carbocycles. The van der Waals surface area contributed by atoms with Crippen molar-refractivity contribution in [2.75, 3.05) is 36.1 Å². The van der Waals surface area contributed by atoms with Crippen LogP contribution in [0.25, 0.3) is 10.2 Å². The first-order valence-corrected chi connectivity index (χ1v) is 10.3. The van der Waals surface area contributed by atoms with E-state index in [0.29, 0.717) is 23.3 Å². The lowest BCUT2D eigenvalue weighted by molar-refractivity contribution is 0.415. The zero-order chi connectivity index (χ0) is 20.3. The van der Waals surface area contributed by atoms with Crippen LogP contribution in [0.2, 0.25) is 0 Å². The number of ether oxygens (including phenoxy) is 1. The molecule has 0 saturated carbocycles. The molecule has 2 heterocycles. The Kier molecular flexibility index (Phi) is 6.18. The molecule has 3 N–H and O–H groups in total. The fourth-order valence-corrected chi connectivity index (χ4v) is 3.95. The van der Waals surface area contributed by atoms with Crippen LogP contribution in [-0.4, -0.2) is 35.2 Å². The van der Waals surface area contributed by atoms with Gasteiger partial charge in [0.25, 0.3) is 0 Å². The highest BCUT2D eigenvalue weighted by atomic mass is 32.1. The molecule has 0 aliphatic heterocycles. The minimum absolute atomic E-state index is 0.503. The molecule has 28 heavy (non-hydrogen) atoms. The van der Waals surface area contributed by atoms with Gasteiger partial charge in [-0.05, 0) is 30.0 Å². The van der Waals surface area contributed by atoms with Crippen molar-refractivity contribution in [3.63, 3.8) is 0 Å². The number of nitrogens with zero attached hydrogens (tertiary/aromatic N) is 4. The Balaban J connectivity index is 1.89. The molecule has 3 rings (SSSR count). The monoisotopic (exact) mass is 400 g/mol. The van der Waals surface area contributed by atoms with Gasteiger partial charge in [0.1, 0.15) is 17.8 Å². The molecule has 0 saturated heterocycles. The normalized spacial score (nSPS) is 11.4. The van der Waals surface area contributed by atoms with Gasteiger partial charge in [-0.2, -0.15) is 0 Å². The van der Waals surface area contributed by atoms with Crippen LogP contribution in [0, 0.1) is 11.8 Å². The van der Waals surface area contributed by atoms with Gasteiger partial charge in [-0.1, -0.05) is 39.0 Å². The molecular formula is C20H28N6OS. The number of nitrogens with one attached hydrogen (secondary N) is 1. The smallest absolute Gasteiger partial charge is 0.189 e. The van der Waals surface area contributed by atoms with E-state index in [4.69, 9.17) is 10.5 Å². The molecule has 0 fully saturated rings. The first kappa shape index (κ1) is 20.1. The van der Waals surface area contributed by atoms with Gasteiger partial charge in [-0.25, -0.2) is 15.0 Å². The van der Waals surface area contributed by atoms with Crippen molar-refractivity contribution in [1.82, 2.24) is 15.0 Å². The lowest BCUT2D eigenvalue weighted by Gasteiger charge is -2.28. The number of rotatable bonds is 8. The fourth-order valence-electron chi connectivity index (χ4n) is 3.05. The quantitative estimate of drug-likeness (QED) is 0.574. The van der Waals surface area contributed by atoms with Crippen molar-refractivity contribution in [3.05, 3.63) is 24.5 Å². The molecule has 0 spiro atoms. The summed E-state index contributed by atoms with van der Waals surface area (Å²) in [5, 5.41) is 4.00. The minimum Gasteiger partial charge on any atom is -0.497 e. The van der Waals surface area contributed by atoms with Gasteiger partial charge in [0, 0.05) is 13.1 Å². The van der Waals surface area contributed by atoms with Crippen molar-refractivity contribution in [3.8, 4) is 5.75 Å². The SMILES string of the molecule is COc1ccc2nc(Nc3ncnc(N(CC(C)C)CC(C)C)c3N)sc2c1. The molecule has 0 atom stereocenters. The lowest BCUT2D eigenvalue weighted by Crippen LogP contribution is -2.32. The lowest BCUT2D eigenvalue weighted by atomic mass is 10.1. The predicted molar refractivity (Wildman–Crippen MR) is 118 cm³/mol.